The Kier molecular flexibility index (Phi) is 3.84. The Morgan fingerprint density at radius 3 is 2.61 bits per heavy atom. The zero-order valence-corrected chi connectivity index (χ0v) is 10.5. The van der Waals surface area contributed by atoms with E-state index in [-0.39, 0.29) is 11.3 Å². The Balaban J connectivity index is 2.37. The average Bonchev–Trinajstić information content (AvgIpc) is 2.28. The van der Waals surface area contributed by atoms with Crippen LogP contribution in [0.5, 0.6) is 11.5 Å². The number of halogens is 2. The summed E-state index contributed by atoms with van der Waals surface area (Å²) in [5, 5.41) is 10.1. The van der Waals surface area contributed by atoms with Crippen molar-refractivity contribution in [3.63, 3.8) is 0 Å². The molecule has 0 aliphatic heterocycles. The molecule has 0 radical (unpaired) electrons. The van der Waals surface area contributed by atoms with Gasteiger partial charge in [0, 0.05) is 5.02 Å². The summed E-state index contributed by atoms with van der Waals surface area (Å²) >= 11 is 5.84. The first-order valence-corrected chi connectivity index (χ1v) is 5.85. The maximum atomic E-state index is 13.6. The molecule has 0 bridgehead atoms. The first kappa shape index (κ1) is 12.9. The first-order chi connectivity index (χ1) is 8.58. The molecule has 0 aliphatic rings. The van der Waals surface area contributed by atoms with Gasteiger partial charge < -0.3 is 9.84 Å². The number of benzene rings is 2. The predicted molar refractivity (Wildman–Crippen MR) is 68.6 cm³/mol. The second kappa shape index (κ2) is 5.38. The molecule has 0 aliphatic carbocycles. The second-order valence-corrected chi connectivity index (χ2v) is 4.32. The van der Waals surface area contributed by atoms with Crippen LogP contribution in [0.15, 0.2) is 42.5 Å². The summed E-state index contributed by atoms with van der Waals surface area (Å²) in [6, 6.07) is 11.2. The van der Waals surface area contributed by atoms with E-state index >= 15 is 0 Å². The summed E-state index contributed by atoms with van der Waals surface area (Å²) < 4.78 is 19.2. The summed E-state index contributed by atoms with van der Waals surface area (Å²) in [7, 11) is 0. The van der Waals surface area contributed by atoms with Crippen LogP contribution in [0.4, 0.5) is 4.39 Å². The fourth-order valence-electron chi connectivity index (χ4n) is 1.67. The number of aliphatic hydroxyl groups is 1. The average molecular weight is 267 g/mol. The Bertz CT molecular complexity index is 555. The molecule has 0 spiro atoms. The minimum Gasteiger partial charge on any atom is -0.457 e. The van der Waals surface area contributed by atoms with Gasteiger partial charge in [-0.05, 0) is 37.3 Å². The van der Waals surface area contributed by atoms with Crippen LogP contribution in [-0.4, -0.2) is 5.11 Å². The molecule has 0 saturated heterocycles. The standard InChI is InChI=1S/C14H12ClFO2/c1-9(17)14-12(16)6-3-7-13(14)18-11-5-2-4-10(15)8-11/h2-9,17H,1H3/t9-/m0/s1. The van der Waals surface area contributed by atoms with Gasteiger partial charge in [-0.3, -0.25) is 0 Å². The van der Waals surface area contributed by atoms with Crippen LogP contribution in [0.1, 0.15) is 18.6 Å². The predicted octanol–water partition coefficient (Wildman–Crippen LogP) is 4.32. The molecule has 0 aromatic heterocycles. The molecule has 2 aromatic rings. The third-order valence-electron chi connectivity index (χ3n) is 2.45. The van der Waals surface area contributed by atoms with Crippen molar-refractivity contribution in [2.75, 3.05) is 0 Å². The quantitative estimate of drug-likeness (QED) is 0.896. The number of hydrogen-bond acceptors (Lipinski definition) is 2. The topological polar surface area (TPSA) is 29.5 Å². The van der Waals surface area contributed by atoms with Gasteiger partial charge in [0.05, 0.1) is 11.7 Å². The van der Waals surface area contributed by atoms with E-state index in [1.807, 2.05) is 0 Å². The summed E-state index contributed by atoms with van der Waals surface area (Å²) in [4.78, 5) is 0. The third-order valence-corrected chi connectivity index (χ3v) is 2.69. The van der Waals surface area contributed by atoms with Crippen LogP contribution in [0.25, 0.3) is 0 Å². The maximum absolute atomic E-state index is 13.6. The van der Waals surface area contributed by atoms with E-state index in [9.17, 15) is 9.50 Å². The highest BCUT2D eigenvalue weighted by molar-refractivity contribution is 6.30. The fourth-order valence-corrected chi connectivity index (χ4v) is 1.85. The molecular weight excluding hydrogens is 255 g/mol. The molecule has 0 unspecified atom stereocenters. The SMILES string of the molecule is C[C@H](O)c1c(F)cccc1Oc1cccc(Cl)c1. The molecule has 2 aromatic carbocycles. The van der Waals surface area contributed by atoms with Crippen molar-refractivity contribution in [3.8, 4) is 11.5 Å². The van der Waals surface area contributed by atoms with Gasteiger partial charge in [-0.15, -0.1) is 0 Å². The molecule has 2 nitrogen and oxygen atoms in total. The highest BCUT2D eigenvalue weighted by atomic mass is 35.5. The van der Waals surface area contributed by atoms with Crippen molar-refractivity contribution in [2.24, 2.45) is 0 Å². The van der Waals surface area contributed by atoms with Crippen molar-refractivity contribution >= 4 is 11.6 Å². The van der Waals surface area contributed by atoms with Gasteiger partial charge in [-0.2, -0.15) is 0 Å². The number of hydrogen-bond donors (Lipinski definition) is 1. The van der Waals surface area contributed by atoms with Gasteiger partial charge in [0.2, 0.25) is 0 Å². The highest BCUT2D eigenvalue weighted by Crippen LogP contribution is 2.32. The molecule has 1 N–H and O–H groups in total. The molecule has 0 fully saturated rings. The molecular formula is C14H12ClFO2. The number of ether oxygens (including phenoxy) is 1. The minimum absolute atomic E-state index is 0.137. The summed E-state index contributed by atoms with van der Waals surface area (Å²) in [5.41, 5.74) is 0.137. The van der Waals surface area contributed by atoms with Crippen LogP contribution in [0, 0.1) is 5.82 Å². The van der Waals surface area contributed by atoms with E-state index < -0.39 is 11.9 Å². The van der Waals surface area contributed by atoms with Crippen LogP contribution >= 0.6 is 11.6 Å². The van der Waals surface area contributed by atoms with E-state index in [4.69, 9.17) is 16.3 Å². The maximum Gasteiger partial charge on any atom is 0.136 e. The first-order valence-electron chi connectivity index (χ1n) is 5.48. The number of aliphatic hydroxyl groups excluding tert-OH is 1. The van der Waals surface area contributed by atoms with E-state index in [1.165, 1.54) is 19.1 Å². The van der Waals surface area contributed by atoms with E-state index in [0.29, 0.717) is 10.8 Å². The summed E-state index contributed by atoms with van der Waals surface area (Å²) in [6.07, 6.45) is -0.944. The van der Waals surface area contributed by atoms with Gasteiger partial charge in [0.15, 0.2) is 0 Å². The number of rotatable bonds is 3. The van der Waals surface area contributed by atoms with E-state index in [0.717, 1.165) is 0 Å². The second-order valence-electron chi connectivity index (χ2n) is 3.89. The Labute approximate surface area is 110 Å². The minimum atomic E-state index is -0.944. The lowest BCUT2D eigenvalue weighted by Gasteiger charge is -2.13. The van der Waals surface area contributed by atoms with Crippen molar-refractivity contribution < 1.29 is 14.2 Å². The molecule has 94 valence electrons. The largest absolute Gasteiger partial charge is 0.457 e. The highest BCUT2D eigenvalue weighted by Gasteiger charge is 2.15. The van der Waals surface area contributed by atoms with E-state index in [2.05, 4.69) is 0 Å². The van der Waals surface area contributed by atoms with Crippen LogP contribution in [0.3, 0.4) is 0 Å². The van der Waals surface area contributed by atoms with Gasteiger partial charge in [-0.1, -0.05) is 23.7 Å². The van der Waals surface area contributed by atoms with Gasteiger partial charge in [-0.25, -0.2) is 4.39 Å². The third kappa shape index (κ3) is 2.81. The zero-order valence-electron chi connectivity index (χ0n) is 9.73. The van der Waals surface area contributed by atoms with Crippen LogP contribution < -0.4 is 4.74 Å². The zero-order chi connectivity index (χ0) is 13.1. The molecule has 0 saturated carbocycles. The van der Waals surface area contributed by atoms with Crippen molar-refractivity contribution in [2.45, 2.75) is 13.0 Å². The lowest BCUT2D eigenvalue weighted by molar-refractivity contribution is 0.190. The Morgan fingerprint density at radius 2 is 1.94 bits per heavy atom. The van der Waals surface area contributed by atoms with Crippen molar-refractivity contribution in [1.29, 1.82) is 0 Å². The molecule has 4 heteroatoms. The summed E-state index contributed by atoms with van der Waals surface area (Å²) in [5.74, 6) is 0.284. The Morgan fingerprint density at radius 1 is 1.22 bits per heavy atom. The molecule has 0 amide bonds. The van der Waals surface area contributed by atoms with Gasteiger partial charge in [0.25, 0.3) is 0 Å². The van der Waals surface area contributed by atoms with Crippen molar-refractivity contribution in [3.05, 3.63) is 58.9 Å². The monoisotopic (exact) mass is 266 g/mol. The fraction of sp³-hybridized carbons (Fsp3) is 0.143. The lowest BCUT2D eigenvalue weighted by atomic mass is 10.1. The van der Waals surface area contributed by atoms with Gasteiger partial charge in [0.1, 0.15) is 17.3 Å². The smallest absolute Gasteiger partial charge is 0.136 e. The van der Waals surface area contributed by atoms with Crippen LogP contribution in [-0.2, 0) is 0 Å². The van der Waals surface area contributed by atoms with Crippen molar-refractivity contribution in [1.82, 2.24) is 0 Å². The molecule has 2 rings (SSSR count). The Hall–Kier alpha value is -1.58. The molecule has 0 heterocycles. The normalized spacial score (nSPS) is 12.2. The molecule has 18 heavy (non-hydrogen) atoms. The molecule has 1 atom stereocenters. The van der Waals surface area contributed by atoms with Gasteiger partial charge >= 0.3 is 0 Å². The summed E-state index contributed by atoms with van der Waals surface area (Å²) in [6.45, 7) is 1.49. The lowest BCUT2D eigenvalue weighted by Crippen LogP contribution is -1.99. The van der Waals surface area contributed by atoms with E-state index in [1.54, 1.807) is 30.3 Å². The van der Waals surface area contributed by atoms with Crippen LogP contribution in [0.2, 0.25) is 5.02 Å².